The first-order valence-electron chi connectivity index (χ1n) is 8.35. The largest absolute Gasteiger partial charge is 0.485 e. The molecule has 0 saturated carbocycles. The van der Waals surface area contributed by atoms with Crippen molar-refractivity contribution in [3.05, 3.63) is 71.6 Å². The number of nitrogens with zero attached hydrogens (tertiary/aromatic N) is 2. The number of amides is 2. The Balaban J connectivity index is 1.50. The van der Waals surface area contributed by atoms with Crippen LogP contribution < -0.4 is 15.4 Å². The summed E-state index contributed by atoms with van der Waals surface area (Å²) in [7, 11) is 0. The number of halogens is 1. The molecule has 3 aromatic rings. The molecule has 144 valence electrons. The van der Waals surface area contributed by atoms with Crippen LogP contribution >= 0.6 is 0 Å². The second-order valence-corrected chi connectivity index (χ2v) is 5.82. The van der Waals surface area contributed by atoms with Crippen molar-refractivity contribution in [2.45, 2.75) is 20.1 Å². The Morgan fingerprint density at radius 1 is 1.18 bits per heavy atom. The van der Waals surface area contributed by atoms with Crippen molar-refractivity contribution < 1.29 is 23.2 Å². The third-order valence-corrected chi connectivity index (χ3v) is 3.55. The molecule has 8 nitrogen and oxygen atoms in total. The minimum absolute atomic E-state index is 0.000159. The molecule has 0 aliphatic carbocycles. The Kier molecular flexibility index (Phi) is 5.95. The summed E-state index contributed by atoms with van der Waals surface area (Å²) in [4.78, 5) is 27.0. The number of rotatable bonds is 7. The van der Waals surface area contributed by atoms with Crippen LogP contribution in [0.5, 0.6) is 5.75 Å². The zero-order valence-corrected chi connectivity index (χ0v) is 14.9. The van der Waals surface area contributed by atoms with Gasteiger partial charge in [-0.15, -0.1) is 0 Å². The molecule has 0 bridgehead atoms. The van der Waals surface area contributed by atoms with E-state index in [1.165, 1.54) is 19.1 Å². The van der Waals surface area contributed by atoms with Crippen LogP contribution in [0.15, 0.2) is 53.1 Å². The number of ether oxygens (including phenoxy) is 1. The van der Waals surface area contributed by atoms with Gasteiger partial charge in [-0.05, 0) is 42.0 Å². The second kappa shape index (κ2) is 8.76. The van der Waals surface area contributed by atoms with Gasteiger partial charge in [0.15, 0.2) is 6.61 Å². The maximum atomic E-state index is 13.1. The molecule has 2 amide bonds. The van der Waals surface area contributed by atoms with E-state index in [4.69, 9.17) is 9.26 Å². The lowest BCUT2D eigenvalue weighted by molar-refractivity contribution is -0.114. The van der Waals surface area contributed by atoms with Crippen LogP contribution in [0.25, 0.3) is 0 Å². The summed E-state index contributed by atoms with van der Waals surface area (Å²) < 4.78 is 23.6. The van der Waals surface area contributed by atoms with E-state index in [1.807, 2.05) is 0 Å². The molecule has 28 heavy (non-hydrogen) atoms. The number of carbonyl (C=O) groups is 2. The minimum Gasteiger partial charge on any atom is -0.485 e. The van der Waals surface area contributed by atoms with Gasteiger partial charge in [-0.3, -0.25) is 9.59 Å². The fourth-order valence-corrected chi connectivity index (χ4v) is 2.30. The molecular weight excluding hydrogens is 367 g/mol. The molecule has 2 N–H and O–H groups in total. The van der Waals surface area contributed by atoms with Crippen molar-refractivity contribution in [3.8, 4) is 5.75 Å². The molecule has 0 aliphatic heterocycles. The van der Waals surface area contributed by atoms with E-state index >= 15 is 0 Å². The SMILES string of the molecule is CC(=O)Nc1ccc(OCc2noc(C(=O)NCc3cccc(F)c3)n2)cc1. The van der Waals surface area contributed by atoms with E-state index in [-0.39, 0.29) is 36.6 Å². The lowest BCUT2D eigenvalue weighted by Gasteiger charge is -2.05. The first-order valence-corrected chi connectivity index (χ1v) is 8.35. The number of aromatic nitrogens is 2. The summed E-state index contributed by atoms with van der Waals surface area (Å²) in [6.45, 7) is 1.55. The third-order valence-electron chi connectivity index (χ3n) is 3.55. The van der Waals surface area contributed by atoms with Crippen molar-refractivity contribution in [2.24, 2.45) is 0 Å². The molecule has 0 saturated heterocycles. The summed E-state index contributed by atoms with van der Waals surface area (Å²) in [5, 5.41) is 8.91. The zero-order chi connectivity index (χ0) is 19.9. The van der Waals surface area contributed by atoms with E-state index in [1.54, 1.807) is 36.4 Å². The fourth-order valence-electron chi connectivity index (χ4n) is 2.30. The fraction of sp³-hybridized carbons (Fsp3) is 0.158. The highest BCUT2D eigenvalue weighted by Crippen LogP contribution is 2.16. The maximum Gasteiger partial charge on any atom is 0.316 e. The molecule has 0 radical (unpaired) electrons. The summed E-state index contributed by atoms with van der Waals surface area (Å²) in [5.41, 5.74) is 1.26. The van der Waals surface area contributed by atoms with Crippen LogP contribution in [0.3, 0.4) is 0 Å². The van der Waals surface area contributed by atoms with Gasteiger partial charge in [-0.2, -0.15) is 4.98 Å². The van der Waals surface area contributed by atoms with Gasteiger partial charge in [-0.1, -0.05) is 17.3 Å². The summed E-state index contributed by atoms with van der Waals surface area (Å²) >= 11 is 0. The Labute approximate surface area is 159 Å². The van der Waals surface area contributed by atoms with Crippen LogP contribution in [0.1, 0.15) is 29.0 Å². The number of nitrogens with one attached hydrogen (secondary N) is 2. The highest BCUT2D eigenvalue weighted by molar-refractivity contribution is 5.89. The number of benzene rings is 2. The Morgan fingerprint density at radius 3 is 2.68 bits per heavy atom. The molecule has 2 aromatic carbocycles. The lowest BCUT2D eigenvalue weighted by Crippen LogP contribution is -2.23. The average Bonchev–Trinajstić information content (AvgIpc) is 3.14. The van der Waals surface area contributed by atoms with Gasteiger partial charge in [0, 0.05) is 19.2 Å². The quantitative estimate of drug-likeness (QED) is 0.649. The molecule has 1 aromatic heterocycles. The third kappa shape index (κ3) is 5.37. The normalized spacial score (nSPS) is 10.4. The van der Waals surface area contributed by atoms with E-state index in [2.05, 4.69) is 20.8 Å². The summed E-state index contributed by atoms with van der Waals surface area (Å²) in [6.07, 6.45) is 0. The van der Waals surface area contributed by atoms with Gasteiger partial charge < -0.3 is 19.9 Å². The van der Waals surface area contributed by atoms with Crippen LogP contribution in [0.4, 0.5) is 10.1 Å². The van der Waals surface area contributed by atoms with Crippen molar-refractivity contribution in [1.82, 2.24) is 15.5 Å². The first-order chi connectivity index (χ1) is 13.5. The maximum absolute atomic E-state index is 13.1. The smallest absolute Gasteiger partial charge is 0.316 e. The number of carbonyl (C=O) groups excluding carboxylic acids is 2. The summed E-state index contributed by atoms with van der Waals surface area (Å²) in [5.74, 6) is -0.589. The summed E-state index contributed by atoms with van der Waals surface area (Å²) in [6, 6.07) is 12.6. The van der Waals surface area contributed by atoms with E-state index in [9.17, 15) is 14.0 Å². The van der Waals surface area contributed by atoms with Crippen molar-refractivity contribution in [3.63, 3.8) is 0 Å². The predicted molar refractivity (Wildman–Crippen MR) is 96.9 cm³/mol. The Hall–Kier alpha value is -3.75. The molecular formula is C19H17FN4O4. The van der Waals surface area contributed by atoms with Gasteiger partial charge in [0.25, 0.3) is 0 Å². The van der Waals surface area contributed by atoms with Gasteiger partial charge in [0.1, 0.15) is 11.6 Å². The van der Waals surface area contributed by atoms with Gasteiger partial charge in [0.05, 0.1) is 0 Å². The van der Waals surface area contributed by atoms with Crippen molar-refractivity contribution in [1.29, 1.82) is 0 Å². The van der Waals surface area contributed by atoms with Crippen molar-refractivity contribution >= 4 is 17.5 Å². The Morgan fingerprint density at radius 2 is 1.96 bits per heavy atom. The van der Waals surface area contributed by atoms with E-state index in [0.717, 1.165) is 0 Å². The number of hydrogen-bond acceptors (Lipinski definition) is 6. The molecule has 0 fully saturated rings. The Bertz CT molecular complexity index is 972. The molecule has 0 spiro atoms. The standard InChI is InChI=1S/C19H17FN4O4/c1-12(25)22-15-5-7-16(8-6-15)27-11-17-23-19(28-24-17)18(26)21-10-13-3-2-4-14(20)9-13/h2-9H,10-11H2,1H3,(H,21,26)(H,22,25). The average molecular weight is 384 g/mol. The van der Waals surface area contributed by atoms with Crippen LogP contribution in [0, 0.1) is 5.82 Å². The molecule has 1 heterocycles. The molecule has 0 aliphatic rings. The van der Waals surface area contributed by atoms with Crippen molar-refractivity contribution in [2.75, 3.05) is 5.32 Å². The topological polar surface area (TPSA) is 106 Å². The van der Waals surface area contributed by atoms with Crippen LogP contribution in [-0.2, 0) is 17.9 Å². The zero-order valence-electron chi connectivity index (χ0n) is 14.9. The minimum atomic E-state index is -0.567. The van der Waals surface area contributed by atoms with Gasteiger partial charge >= 0.3 is 11.8 Å². The number of anilines is 1. The lowest BCUT2D eigenvalue weighted by atomic mass is 10.2. The molecule has 0 unspecified atom stereocenters. The monoisotopic (exact) mass is 384 g/mol. The second-order valence-electron chi connectivity index (χ2n) is 5.82. The van der Waals surface area contributed by atoms with Gasteiger partial charge in [-0.25, -0.2) is 4.39 Å². The van der Waals surface area contributed by atoms with Crippen LogP contribution in [0.2, 0.25) is 0 Å². The first kappa shape index (κ1) is 19.0. The highest BCUT2D eigenvalue weighted by atomic mass is 19.1. The van der Waals surface area contributed by atoms with E-state index in [0.29, 0.717) is 17.0 Å². The van der Waals surface area contributed by atoms with E-state index < -0.39 is 5.91 Å². The molecule has 9 heteroatoms. The highest BCUT2D eigenvalue weighted by Gasteiger charge is 2.15. The molecule has 0 atom stereocenters. The molecule has 3 rings (SSSR count). The van der Waals surface area contributed by atoms with Gasteiger partial charge in [0.2, 0.25) is 11.7 Å². The van der Waals surface area contributed by atoms with Crippen LogP contribution in [-0.4, -0.2) is 22.0 Å². The number of hydrogen-bond donors (Lipinski definition) is 2. The predicted octanol–water partition coefficient (Wildman–Crippen LogP) is 2.68.